The highest BCUT2D eigenvalue weighted by molar-refractivity contribution is 5.85. The van der Waals surface area contributed by atoms with E-state index in [2.05, 4.69) is 4.98 Å². The third kappa shape index (κ3) is 2.09. The van der Waals surface area contributed by atoms with Crippen molar-refractivity contribution in [2.24, 2.45) is 0 Å². The Hall–Kier alpha value is -1.36. The summed E-state index contributed by atoms with van der Waals surface area (Å²) in [5.74, 6) is -0.675. The zero-order valence-electron chi connectivity index (χ0n) is 9.23. The minimum Gasteiger partial charge on any atom is -0.475 e. The molecule has 1 fully saturated rings. The normalized spacial score (nSPS) is 20.2. The van der Waals surface area contributed by atoms with Crippen LogP contribution >= 0.6 is 0 Å². The maximum Gasteiger partial charge on any atom is 0.373 e. The molecule has 0 bridgehead atoms. The number of aromatic carboxylic acids is 1. The molecule has 16 heavy (non-hydrogen) atoms. The molecule has 2 heterocycles. The quantitative estimate of drug-likeness (QED) is 0.850. The molecule has 2 rings (SSSR count). The lowest BCUT2D eigenvalue weighted by molar-refractivity contribution is 0.0632. The summed E-state index contributed by atoms with van der Waals surface area (Å²) in [4.78, 5) is 15.2. The third-order valence-electron chi connectivity index (χ3n) is 2.60. The fourth-order valence-corrected chi connectivity index (χ4v) is 1.85. The summed E-state index contributed by atoms with van der Waals surface area (Å²) in [6.45, 7) is 2.67. The number of carbonyl (C=O) groups is 1. The van der Waals surface area contributed by atoms with Crippen LogP contribution in [0.4, 0.5) is 0 Å². The van der Waals surface area contributed by atoms with Crippen LogP contribution in [0.15, 0.2) is 4.42 Å². The molecule has 0 aliphatic carbocycles. The number of oxazole rings is 1. The molecule has 1 aliphatic rings. The Balaban J connectivity index is 2.26. The van der Waals surface area contributed by atoms with E-state index >= 15 is 0 Å². The molecule has 0 aromatic carbocycles. The topological polar surface area (TPSA) is 72.6 Å². The molecule has 0 spiro atoms. The predicted molar refractivity (Wildman–Crippen MR) is 55.4 cm³/mol. The number of aromatic nitrogens is 1. The first-order chi connectivity index (χ1) is 7.72. The summed E-state index contributed by atoms with van der Waals surface area (Å²) >= 11 is 0. The van der Waals surface area contributed by atoms with Gasteiger partial charge in [-0.15, -0.1) is 0 Å². The van der Waals surface area contributed by atoms with Gasteiger partial charge >= 0.3 is 5.97 Å². The Labute approximate surface area is 93.4 Å². The van der Waals surface area contributed by atoms with Gasteiger partial charge in [-0.05, 0) is 19.3 Å². The van der Waals surface area contributed by atoms with Crippen molar-refractivity contribution >= 4 is 5.97 Å². The molecule has 88 valence electrons. The van der Waals surface area contributed by atoms with Crippen molar-refractivity contribution in [3.63, 3.8) is 0 Å². The van der Waals surface area contributed by atoms with Gasteiger partial charge in [0.1, 0.15) is 6.10 Å². The van der Waals surface area contributed by atoms with Crippen LogP contribution in [-0.4, -0.2) is 22.7 Å². The molecule has 1 aliphatic heterocycles. The van der Waals surface area contributed by atoms with Gasteiger partial charge < -0.3 is 14.3 Å². The summed E-state index contributed by atoms with van der Waals surface area (Å²) in [5.41, 5.74) is 0.528. The number of aryl methyl sites for hydroxylation is 1. The van der Waals surface area contributed by atoms with Gasteiger partial charge in [0, 0.05) is 6.61 Å². The lowest BCUT2D eigenvalue weighted by Gasteiger charge is -2.01. The lowest BCUT2D eigenvalue weighted by Crippen LogP contribution is -1.99. The average Bonchev–Trinajstić information content (AvgIpc) is 2.83. The SMILES string of the molecule is CCCc1nc(C2CCCO2)oc1C(=O)O. The summed E-state index contributed by atoms with van der Waals surface area (Å²) in [5, 5.41) is 8.97. The van der Waals surface area contributed by atoms with Crippen molar-refractivity contribution < 1.29 is 19.1 Å². The van der Waals surface area contributed by atoms with Gasteiger partial charge in [-0.3, -0.25) is 0 Å². The van der Waals surface area contributed by atoms with Crippen molar-refractivity contribution in [3.8, 4) is 0 Å². The molecule has 5 nitrogen and oxygen atoms in total. The summed E-state index contributed by atoms with van der Waals surface area (Å²) in [6.07, 6.45) is 3.13. The fraction of sp³-hybridized carbons (Fsp3) is 0.636. The Bertz CT molecular complexity index is 379. The van der Waals surface area contributed by atoms with E-state index in [1.165, 1.54) is 0 Å². The van der Waals surface area contributed by atoms with Gasteiger partial charge in [0.2, 0.25) is 11.7 Å². The van der Waals surface area contributed by atoms with Gasteiger partial charge in [0.15, 0.2) is 0 Å². The van der Waals surface area contributed by atoms with Crippen LogP contribution < -0.4 is 0 Å². The van der Waals surface area contributed by atoms with Crippen LogP contribution in [0.5, 0.6) is 0 Å². The molecule has 1 atom stereocenters. The van der Waals surface area contributed by atoms with E-state index < -0.39 is 5.97 Å². The number of carboxylic acids is 1. The molecule has 5 heteroatoms. The largest absolute Gasteiger partial charge is 0.475 e. The highest BCUT2D eigenvalue weighted by Gasteiger charge is 2.27. The van der Waals surface area contributed by atoms with Crippen LogP contribution in [0.3, 0.4) is 0 Å². The maximum atomic E-state index is 11.0. The van der Waals surface area contributed by atoms with Crippen LogP contribution in [0, 0.1) is 0 Å². The van der Waals surface area contributed by atoms with Gasteiger partial charge in [-0.2, -0.15) is 0 Å². The van der Waals surface area contributed by atoms with E-state index in [-0.39, 0.29) is 11.9 Å². The van der Waals surface area contributed by atoms with E-state index in [9.17, 15) is 4.79 Å². The van der Waals surface area contributed by atoms with Gasteiger partial charge in [-0.25, -0.2) is 9.78 Å². The van der Waals surface area contributed by atoms with E-state index in [1.54, 1.807) is 0 Å². The smallest absolute Gasteiger partial charge is 0.373 e. The fourth-order valence-electron chi connectivity index (χ4n) is 1.85. The van der Waals surface area contributed by atoms with Crippen LogP contribution in [0.1, 0.15) is 54.4 Å². The highest BCUT2D eigenvalue weighted by atomic mass is 16.5. The summed E-state index contributed by atoms with van der Waals surface area (Å²) < 4.78 is 10.7. The van der Waals surface area contributed by atoms with E-state index in [0.29, 0.717) is 24.6 Å². The second kappa shape index (κ2) is 4.65. The highest BCUT2D eigenvalue weighted by Crippen LogP contribution is 2.29. The lowest BCUT2D eigenvalue weighted by atomic mass is 10.2. The predicted octanol–water partition coefficient (Wildman–Crippen LogP) is 2.18. The number of rotatable bonds is 4. The first-order valence-electron chi connectivity index (χ1n) is 5.57. The molecule has 0 radical (unpaired) electrons. The minimum atomic E-state index is -1.06. The summed E-state index contributed by atoms with van der Waals surface area (Å²) in [6, 6.07) is 0. The number of carboxylic acid groups (broad SMARTS) is 1. The monoisotopic (exact) mass is 225 g/mol. The maximum absolute atomic E-state index is 11.0. The van der Waals surface area contributed by atoms with E-state index in [4.69, 9.17) is 14.3 Å². The van der Waals surface area contributed by atoms with E-state index in [1.807, 2.05) is 6.92 Å². The van der Waals surface area contributed by atoms with Crippen molar-refractivity contribution in [1.29, 1.82) is 0 Å². The molecule has 1 aromatic heterocycles. The molecule has 1 aromatic rings. The second-order valence-corrected chi connectivity index (χ2v) is 3.88. The number of hydrogen-bond acceptors (Lipinski definition) is 4. The van der Waals surface area contributed by atoms with Gasteiger partial charge in [0.05, 0.1) is 5.69 Å². The third-order valence-corrected chi connectivity index (χ3v) is 2.60. The molecular weight excluding hydrogens is 210 g/mol. The molecule has 1 saturated heterocycles. The van der Waals surface area contributed by atoms with Gasteiger partial charge in [-0.1, -0.05) is 13.3 Å². The Morgan fingerprint density at radius 2 is 2.44 bits per heavy atom. The Morgan fingerprint density at radius 3 is 3.00 bits per heavy atom. The van der Waals surface area contributed by atoms with Crippen molar-refractivity contribution in [2.75, 3.05) is 6.61 Å². The van der Waals surface area contributed by atoms with Crippen LogP contribution in [0.2, 0.25) is 0 Å². The average molecular weight is 225 g/mol. The zero-order valence-corrected chi connectivity index (χ0v) is 9.23. The Kier molecular flexibility index (Phi) is 3.24. The molecule has 1 N–H and O–H groups in total. The second-order valence-electron chi connectivity index (χ2n) is 3.88. The number of nitrogens with zero attached hydrogens (tertiary/aromatic N) is 1. The first kappa shape index (κ1) is 11.1. The summed E-state index contributed by atoms with van der Waals surface area (Å²) in [7, 11) is 0. The first-order valence-corrected chi connectivity index (χ1v) is 5.57. The zero-order chi connectivity index (χ0) is 11.5. The number of hydrogen-bond donors (Lipinski definition) is 1. The van der Waals surface area contributed by atoms with Crippen molar-refractivity contribution in [3.05, 3.63) is 17.3 Å². The van der Waals surface area contributed by atoms with Crippen LogP contribution in [-0.2, 0) is 11.2 Å². The molecule has 0 amide bonds. The molecule has 1 unspecified atom stereocenters. The standard InChI is InChI=1S/C11H15NO4/c1-2-4-7-9(11(13)14)16-10(12-7)8-5-3-6-15-8/h8H,2-6H2,1H3,(H,13,14). The Morgan fingerprint density at radius 1 is 1.62 bits per heavy atom. The van der Waals surface area contributed by atoms with Crippen LogP contribution in [0.25, 0.3) is 0 Å². The van der Waals surface area contributed by atoms with Crippen molar-refractivity contribution in [2.45, 2.75) is 38.7 Å². The molecule has 0 saturated carbocycles. The molecular formula is C11H15NO4. The van der Waals surface area contributed by atoms with E-state index in [0.717, 1.165) is 19.3 Å². The van der Waals surface area contributed by atoms with Gasteiger partial charge in [0.25, 0.3) is 0 Å². The van der Waals surface area contributed by atoms with Crippen molar-refractivity contribution in [1.82, 2.24) is 4.98 Å². The minimum absolute atomic E-state index is 0.0349. The number of ether oxygens (including phenoxy) is 1.